The summed E-state index contributed by atoms with van der Waals surface area (Å²) in [7, 11) is 0. The molecule has 0 aliphatic rings. The van der Waals surface area contributed by atoms with Crippen LogP contribution in [-0.2, 0) is 11.4 Å². The van der Waals surface area contributed by atoms with Crippen LogP contribution in [0.25, 0.3) is 10.9 Å². The minimum absolute atomic E-state index is 0.0151. The van der Waals surface area contributed by atoms with Crippen LogP contribution in [0, 0.1) is 0 Å². The van der Waals surface area contributed by atoms with Crippen LogP contribution in [0.4, 0.5) is 4.79 Å². The number of aromatic amines is 1. The molecule has 0 atom stereocenters. The molecule has 0 aliphatic carbocycles. The lowest BCUT2D eigenvalue weighted by atomic mass is 10.2. The number of carboxylic acid groups (broad SMARTS) is 1. The lowest BCUT2D eigenvalue weighted by Crippen LogP contribution is -2.04. The van der Waals surface area contributed by atoms with Crippen molar-refractivity contribution in [3.8, 4) is 5.88 Å². The zero-order chi connectivity index (χ0) is 17.8. The minimum Gasteiger partial charge on any atom is -0.449 e. The van der Waals surface area contributed by atoms with Crippen LogP contribution >= 0.6 is 23.2 Å². The van der Waals surface area contributed by atoms with Crippen LogP contribution in [0.5, 0.6) is 5.88 Å². The van der Waals surface area contributed by atoms with Crippen molar-refractivity contribution in [1.29, 1.82) is 0 Å². The Morgan fingerprint density at radius 1 is 1.24 bits per heavy atom. The lowest BCUT2D eigenvalue weighted by molar-refractivity contribution is 0.132. The number of rotatable bonds is 5. The van der Waals surface area contributed by atoms with Gasteiger partial charge in [0.05, 0.1) is 22.3 Å². The molecule has 2 N–H and O–H groups in total. The van der Waals surface area contributed by atoms with Crippen LogP contribution in [0.2, 0.25) is 10.0 Å². The topological polar surface area (TPSA) is 83.9 Å². The van der Waals surface area contributed by atoms with E-state index >= 15 is 0 Å². The molecule has 1 heterocycles. The summed E-state index contributed by atoms with van der Waals surface area (Å²) in [6, 6.07) is 12.7. The Bertz CT molecular complexity index is 939. The summed E-state index contributed by atoms with van der Waals surface area (Å²) in [5.41, 5.74) is 1.83. The number of carbonyl (C=O) groups is 1. The van der Waals surface area contributed by atoms with E-state index in [4.69, 9.17) is 37.9 Å². The first-order valence-electron chi connectivity index (χ1n) is 7.15. The highest BCUT2D eigenvalue weighted by Gasteiger charge is 2.17. The Hall–Kier alpha value is -2.70. The number of hydrogen-bond donors (Lipinski definition) is 2. The Kier molecular flexibility index (Phi) is 5.11. The second kappa shape index (κ2) is 7.46. The molecule has 25 heavy (non-hydrogen) atoms. The van der Waals surface area contributed by atoms with E-state index in [0.717, 1.165) is 5.56 Å². The van der Waals surface area contributed by atoms with Crippen LogP contribution < -0.4 is 4.74 Å². The van der Waals surface area contributed by atoms with E-state index in [9.17, 15) is 4.79 Å². The quantitative estimate of drug-likeness (QED) is 0.368. The number of ether oxygens (including phenoxy) is 1. The molecule has 0 fully saturated rings. The molecule has 0 amide bonds. The maximum Gasteiger partial charge on any atom is 0.512 e. The predicted octanol–water partition coefficient (Wildman–Crippen LogP) is 5.08. The molecule has 0 aliphatic heterocycles. The Labute approximate surface area is 152 Å². The van der Waals surface area contributed by atoms with Gasteiger partial charge in [-0.25, -0.2) is 4.79 Å². The summed E-state index contributed by atoms with van der Waals surface area (Å²) < 4.78 is 4.75. The number of benzene rings is 2. The number of fused-ring (bicyclic) bond motifs is 1. The molecule has 0 spiro atoms. The standard InChI is InChI=1S/C17H12Cl2N2O4/c18-11-6-13(19)15-12(16(25-17(22)23)21-14(15)7-11)8-20-24-9-10-4-2-1-3-5-10/h1-8,21H,9H2,(H,22,23). The van der Waals surface area contributed by atoms with Gasteiger partial charge >= 0.3 is 6.16 Å². The third kappa shape index (κ3) is 4.04. The summed E-state index contributed by atoms with van der Waals surface area (Å²) in [6.45, 7) is 0.272. The molecule has 6 nitrogen and oxygen atoms in total. The molecule has 3 rings (SSSR count). The van der Waals surface area contributed by atoms with Gasteiger partial charge in [-0.3, -0.25) is 0 Å². The normalized spacial score (nSPS) is 11.1. The van der Waals surface area contributed by atoms with E-state index in [1.807, 2.05) is 30.3 Å². The summed E-state index contributed by atoms with van der Waals surface area (Å²) in [5.74, 6) is -0.0151. The van der Waals surface area contributed by atoms with Gasteiger partial charge in [-0.05, 0) is 17.7 Å². The number of nitrogens with one attached hydrogen (secondary N) is 1. The van der Waals surface area contributed by atoms with Crippen LogP contribution in [0.3, 0.4) is 0 Å². The van der Waals surface area contributed by atoms with Gasteiger partial charge in [0.15, 0.2) is 0 Å². The highest BCUT2D eigenvalue weighted by atomic mass is 35.5. The number of oxime groups is 1. The largest absolute Gasteiger partial charge is 0.512 e. The van der Waals surface area contributed by atoms with E-state index in [2.05, 4.69) is 10.1 Å². The van der Waals surface area contributed by atoms with E-state index in [-0.39, 0.29) is 12.5 Å². The highest BCUT2D eigenvalue weighted by molar-refractivity contribution is 6.39. The smallest absolute Gasteiger partial charge is 0.449 e. The molecule has 0 bridgehead atoms. The average molecular weight is 379 g/mol. The average Bonchev–Trinajstić information content (AvgIpc) is 2.89. The SMILES string of the molecule is O=C(O)Oc1[nH]c2cc(Cl)cc(Cl)c2c1C=NOCc1ccccc1. The van der Waals surface area contributed by atoms with Crippen molar-refractivity contribution in [3.63, 3.8) is 0 Å². The van der Waals surface area contributed by atoms with Gasteiger partial charge in [-0.2, -0.15) is 0 Å². The minimum atomic E-state index is -1.46. The monoisotopic (exact) mass is 378 g/mol. The first kappa shape index (κ1) is 17.1. The van der Waals surface area contributed by atoms with Crippen molar-refractivity contribution >= 4 is 46.5 Å². The Morgan fingerprint density at radius 2 is 2.00 bits per heavy atom. The first-order valence-corrected chi connectivity index (χ1v) is 7.91. The van der Waals surface area contributed by atoms with E-state index in [0.29, 0.717) is 26.5 Å². The zero-order valence-electron chi connectivity index (χ0n) is 12.7. The predicted molar refractivity (Wildman–Crippen MR) is 95.8 cm³/mol. The fourth-order valence-corrected chi connectivity index (χ4v) is 2.91. The van der Waals surface area contributed by atoms with Crippen LogP contribution in [-0.4, -0.2) is 22.5 Å². The Morgan fingerprint density at radius 3 is 2.72 bits per heavy atom. The number of hydrogen-bond acceptors (Lipinski definition) is 4. The molecular weight excluding hydrogens is 367 g/mol. The third-order valence-corrected chi connectivity index (χ3v) is 3.85. The molecule has 0 unspecified atom stereocenters. The fraction of sp³-hybridized carbons (Fsp3) is 0.0588. The maximum absolute atomic E-state index is 10.9. The van der Waals surface area contributed by atoms with E-state index in [1.165, 1.54) is 6.21 Å². The molecule has 2 aromatic carbocycles. The molecule has 0 saturated carbocycles. The van der Waals surface area contributed by atoms with Crippen molar-refractivity contribution in [2.24, 2.45) is 5.16 Å². The van der Waals surface area contributed by atoms with Gasteiger partial charge in [0.2, 0.25) is 5.88 Å². The van der Waals surface area contributed by atoms with Gasteiger partial charge in [-0.1, -0.05) is 58.7 Å². The van der Waals surface area contributed by atoms with Gasteiger partial charge in [0.25, 0.3) is 0 Å². The molecule has 128 valence electrons. The summed E-state index contributed by atoms with van der Waals surface area (Å²) >= 11 is 12.2. The molecule has 3 aromatic rings. The van der Waals surface area contributed by atoms with Crippen LogP contribution in [0.1, 0.15) is 11.1 Å². The van der Waals surface area contributed by atoms with Gasteiger partial charge in [0.1, 0.15) is 6.61 Å². The van der Waals surface area contributed by atoms with Crippen molar-refractivity contribution in [2.75, 3.05) is 0 Å². The second-order valence-electron chi connectivity index (χ2n) is 5.04. The molecule has 0 radical (unpaired) electrons. The summed E-state index contributed by atoms with van der Waals surface area (Å²) in [5, 5.41) is 14.0. The molecule has 0 saturated heterocycles. The number of aromatic nitrogens is 1. The zero-order valence-corrected chi connectivity index (χ0v) is 14.2. The summed E-state index contributed by atoms with van der Waals surface area (Å²) in [4.78, 5) is 19.0. The lowest BCUT2D eigenvalue weighted by Gasteiger charge is -2.01. The number of halogens is 2. The van der Waals surface area contributed by atoms with Gasteiger partial charge < -0.3 is 19.7 Å². The first-order chi connectivity index (χ1) is 12.0. The fourth-order valence-electron chi connectivity index (χ4n) is 2.32. The van der Waals surface area contributed by atoms with Crippen molar-refractivity contribution in [2.45, 2.75) is 6.61 Å². The van der Waals surface area contributed by atoms with Gasteiger partial charge in [-0.15, -0.1) is 0 Å². The molecular formula is C17H12Cl2N2O4. The van der Waals surface area contributed by atoms with Crippen molar-refractivity contribution < 1.29 is 19.5 Å². The second-order valence-corrected chi connectivity index (χ2v) is 5.88. The summed E-state index contributed by atoms with van der Waals surface area (Å²) in [6.07, 6.45) is -0.117. The Balaban J connectivity index is 1.90. The number of H-pyrrole nitrogens is 1. The van der Waals surface area contributed by atoms with Crippen molar-refractivity contribution in [1.82, 2.24) is 4.98 Å². The van der Waals surface area contributed by atoms with Gasteiger partial charge in [0, 0.05) is 10.4 Å². The van der Waals surface area contributed by atoms with Crippen LogP contribution in [0.15, 0.2) is 47.6 Å². The molecule has 8 heteroatoms. The highest BCUT2D eigenvalue weighted by Crippen LogP contribution is 2.34. The molecule has 1 aromatic heterocycles. The number of nitrogens with zero attached hydrogens (tertiary/aromatic N) is 1. The third-order valence-electron chi connectivity index (χ3n) is 3.34. The van der Waals surface area contributed by atoms with Crippen molar-refractivity contribution in [3.05, 3.63) is 63.6 Å². The van der Waals surface area contributed by atoms with E-state index < -0.39 is 6.16 Å². The van der Waals surface area contributed by atoms with E-state index in [1.54, 1.807) is 12.1 Å². The maximum atomic E-state index is 10.9.